The summed E-state index contributed by atoms with van der Waals surface area (Å²) in [6.45, 7) is 0.497. The van der Waals surface area contributed by atoms with Crippen LogP contribution in [0.4, 0.5) is 4.39 Å². The molecule has 0 amide bonds. The summed E-state index contributed by atoms with van der Waals surface area (Å²) < 4.78 is 18.8. The summed E-state index contributed by atoms with van der Waals surface area (Å²) in [6.07, 6.45) is 2.01. The molecule has 15 heavy (non-hydrogen) atoms. The van der Waals surface area contributed by atoms with Gasteiger partial charge < -0.3 is 10.5 Å². The van der Waals surface area contributed by atoms with Crippen LogP contribution in [0.5, 0.6) is 5.75 Å². The van der Waals surface area contributed by atoms with Crippen molar-refractivity contribution in [1.29, 1.82) is 0 Å². The van der Waals surface area contributed by atoms with Crippen molar-refractivity contribution in [3.05, 3.63) is 28.5 Å². The number of rotatable bonds is 3. The van der Waals surface area contributed by atoms with Crippen molar-refractivity contribution in [3.63, 3.8) is 0 Å². The van der Waals surface area contributed by atoms with Crippen molar-refractivity contribution < 1.29 is 9.13 Å². The van der Waals surface area contributed by atoms with E-state index in [9.17, 15) is 4.39 Å². The molecule has 5 heteroatoms. The van der Waals surface area contributed by atoms with Crippen molar-refractivity contribution in [2.24, 2.45) is 5.73 Å². The van der Waals surface area contributed by atoms with Gasteiger partial charge in [0, 0.05) is 0 Å². The maximum Gasteiger partial charge on any atom is 0.133 e. The molecule has 1 aromatic carbocycles. The summed E-state index contributed by atoms with van der Waals surface area (Å²) in [6, 6.07) is 4.35. The second-order valence-corrected chi connectivity index (χ2v) is 4.58. The Morgan fingerprint density at radius 3 is 2.67 bits per heavy atom. The van der Waals surface area contributed by atoms with E-state index >= 15 is 0 Å². The van der Waals surface area contributed by atoms with Crippen molar-refractivity contribution >= 4 is 28.3 Å². The van der Waals surface area contributed by atoms with Gasteiger partial charge in [-0.15, -0.1) is 12.4 Å². The van der Waals surface area contributed by atoms with Crippen molar-refractivity contribution in [2.75, 3.05) is 6.61 Å². The Labute approximate surface area is 103 Å². The fraction of sp³-hybridized carbons (Fsp3) is 0.400. The van der Waals surface area contributed by atoms with Gasteiger partial charge in [0.2, 0.25) is 0 Å². The quantitative estimate of drug-likeness (QED) is 0.931. The highest BCUT2D eigenvalue weighted by molar-refractivity contribution is 9.10. The van der Waals surface area contributed by atoms with Crippen LogP contribution in [0.2, 0.25) is 0 Å². The van der Waals surface area contributed by atoms with E-state index in [1.165, 1.54) is 12.1 Å². The number of nitrogens with two attached hydrogens (primary N) is 1. The van der Waals surface area contributed by atoms with E-state index in [-0.39, 0.29) is 23.8 Å². The zero-order chi connectivity index (χ0) is 10.2. The van der Waals surface area contributed by atoms with E-state index in [1.54, 1.807) is 6.07 Å². The van der Waals surface area contributed by atoms with Crippen LogP contribution < -0.4 is 10.5 Å². The summed E-state index contributed by atoms with van der Waals surface area (Å²) in [7, 11) is 0. The topological polar surface area (TPSA) is 35.2 Å². The third kappa shape index (κ3) is 3.33. The highest BCUT2D eigenvalue weighted by Crippen LogP contribution is 2.34. The first kappa shape index (κ1) is 12.7. The Morgan fingerprint density at radius 2 is 2.13 bits per heavy atom. The summed E-state index contributed by atoms with van der Waals surface area (Å²) in [5.74, 6) is 0.362. The van der Waals surface area contributed by atoms with E-state index in [1.807, 2.05) is 0 Å². The van der Waals surface area contributed by atoms with Crippen LogP contribution in [0, 0.1) is 5.82 Å². The van der Waals surface area contributed by atoms with Gasteiger partial charge in [-0.2, -0.15) is 0 Å². The molecule has 2 rings (SSSR count). The first-order valence-electron chi connectivity index (χ1n) is 4.46. The Kier molecular flexibility index (Phi) is 3.98. The first-order chi connectivity index (χ1) is 6.59. The van der Waals surface area contributed by atoms with Gasteiger partial charge >= 0.3 is 0 Å². The normalized spacial score (nSPS) is 16.7. The second kappa shape index (κ2) is 4.68. The van der Waals surface area contributed by atoms with E-state index in [0.29, 0.717) is 16.8 Å². The lowest BCUT2D eigenvalue weighted by Crippen LogP contribution is -2.29. The average Bonchev–Trinajstić information content (AvgIpc) is 2.83. The predicted octanol–water partition coefficient (Wildman–Crippen LogP) is 2.88. The smallest absolute Gasteiger partial charge is 0.133 e. The monoisotopic (exact) mass is 295 g/mol. The summed E-state index contributed by atoms with van der Waals surface area (Å²) >= 11 is 3.23. The van der Waals surface area contributed by atoms with Crippen LogP contribution in [0.25, 0.3) is 0 Å². The molecule has 0 atom stereocenters. The van der Waals surface area contributed by atoms with Gasteiger partial charge in [-0.1, -0.05) is 0 Å². The van der Waals surface area contributed by atoms with E-state index in [4.69, 9.17) is 10.5 Å². The highest BCUT2D eigenvalue weighted by atomic mass is 79.9. The molecule has 1 fully saturated rings. The third-order valence-electron chi connectivity index (χ3n) is 2.30. The minimum atomic E-state index is -0.280. The zero-order valence-corrected chi connectivity index (χ0v) is 10.4. The average molecular weight is 297 g/mol. The van der Waals surface area contributed by atoms with Crippen LogP contribution in [-0.4, -0.2) is 12.1 Å². The van der Waals surface area contributed by atoms with Crippen molar-refractivity contribution in [1.82, 2.24) is 0 Å². The molecule has 84 valence electrons. The molecule has 0 radical (unpaired) electrons. The number of halogens is 3. The Hall–Kier alpha value is -0.320. The summed E-state index contributed by atoms with van der Waals surface area (Å²) in [5.41, 5.74) is 5.71. The van der Waals surface area contributed by atoms with E-state index in [2.05, 4.69) is 15.9 Å². The van der Waals surface area contributed by atoms with Gasteiger partial charge in [0.15, 0.2) is 0 Å². The zero-order valence-electron chi connectivity index (χ0n) is 8.00. The third-order valence-corrected chi connectivity index (χ3v) is 2.92. The number of benzene rings is 1. The molecule has 2 N–H and O–H groups in total. The summed E-state index contributed by atoms with van der Waals surface area (Å²) in [4.78, 5) is 0. The molecule has 1 aromatic rings. The molecule has 0 saturated heterocycles. The fourth-order valence-corrected chi connectivity index (χ4v) is 1.58. The first-order valence-corrected chi connectivity index (χ1v) is 5.25. The van der Waals surface area contributed by atoms with Crippen LogP contribution >= 0.6 is 28.3 Å². The Balaban J connectivity index is 0.00000112. The van der Waals surface area contributed by atoms with E-state index in [0.717, 1.165) is 12.8 Å². The fourth-order valence-electron chi connectivity index (χ4n) is 1.12. The van der Waals surface area contributed by atoms with Crippen LogP contribution in [0.1, 0.15) is 12.8 Å². The largest absolute Gasteiger partial charge is 0.490 e. The molecule has 2 nitrogen and oxygen atoms in total. The second-order valence-electron chi connectivity index (χ2n) is 3.73. The highest BCUT2D eigenvalue weighted by Gasteiger charge is 2.39. The van der Waals surface area contributed by atoms with E-state index < -0.39 is 0 Å². The van der Waals surface area contributed by atoms with Gasteiger partial charge in [-0.3, -0.25) is 0 Å². The lowest BCUT2D eigenvalue weighted by atomic mass is 10.3. The number of hydrogen-bond donors (Lipinski definition) is 1. The molecule has 0 aromatic heterocycles. The van der Waals surface area contributed by atoms with Crippen molar-refractivity contribution in [2.45, 2.75) is 18.4 Å². The lowest BCUT2D eigenvalue weighted by molar-refractivity contribution is 0.277. The molecular formula is C10H12BrClFNO. The van der Waals surface area contributed by atoms with Gasteiger partial charge in [0.1, 0.15) is 18.2 Å². The maximum atomic E-state index is 12.7. The molecule has 1 aliphatic carbocycles. The summed E-state index contributed by atoms with van der Waals surface area (Å²) in [5, 5.41) is 0. The standard InChI is InChI=1S/C10H11BrFNO.ClH/c11-8-5-7(12)1-2-9(8)14-6-10(13)3-4-10;/h1-2,5H,3-4,6,13H2;1H. The minimum absolute atomic E-state index is 0. The molecule has 0 aliphatic heterocycles. The van der Waals surface area contributed by atoms with Gasteiger partial charge in [-0.25, -0.2) is 4.39 Å². The molecule has 0 heterocycles. The molecular weight excluding hydrogens is 284 g/mol. The molecule has 0 bridgehead atoms. The molecule has 0 unspecified atom stereocenters. The number of ether oxygens (including phenoxy) is 1. The van der Waals surface area contributed by atoms with Crippen LogP contribution in [0.3, 0.4) is 0 Å². The minimum Gasteiger partial charge on any atom is -0.490 e. The predicted molar refractivity (Wildman–Crippen MR) is 63.0 cm³/mol. The van der Waals surface area contributed by atoms with Gasteiger partial charge in [-0.05, 0) is 47.0 Å². The Morgan fingerprint density at radius 1 is 1.47 bits per heavy atom. The molecule has 1 saturated carbocycles. The van der Waals surface area contributed by atoms with Gasteiger partial charge in [0.25, 0.3) is 0 Å². The van der Waals surface area contributed by atoms with Gasteiger partial charge in [0.05, 0.1) is 10.0 Å². The molecule has 1 aliphatic rings. The van der Waals surface area contributed by atoms with Crippen molar-refractivity contribution in [3.8, 4) is 5.75 Å². The SMILES string of the molecule is Cl.NC1(COc2ccc(F)cc2Br)CC1. The maximum absolute atomic E-state index is 12.7. The lowest BCUT2D eigenvalue weighted by Gasteiger charge is -2.12. The Bertz CT molecular complexity index is 357. The molecule has 0 spiro atoms. The number of hydrogen-bond acceptors (Lipinski definition) is 2. The van der Waals surface area contributed by atoms with Crippen LogP contribution in [0.15, 0.2) is 22.7 Å². The van der Waals surface area contributed by atoms with Crippen LogP contribution in [-0.2, 0) is 0 Å².